The van der Waals surface area contributed by atoms with Gasteiger partial charge in [0.1, 0.15) is 0 Å². The molecule has 0 aromatic heterocycles. The van der Waals surface area contributed by atoms with Crippen molar-refractivity contribution in [3.05, 3.63) is 59.2 Å². The van der Waals surface area contributed by atoms with Gasteiger partial charge in [-0.25, -0.2) is 0 Å². The Labute approximate surface area is 184 Å². The topological polar surface area (TPSA) is 60.4 Å². The number of hydrogen-bond donors (Lipinski definition) is 1. The van der Waals surface area contributed by atoms with Crippen LogP contribution in [-0.2, 0) is 15.9 Å². The number of fused-ring (bicyclic) bond motifs is 1. The maximum absolute atomic E-state index is 10.7. The van der Waals surface area contributed by atoms with Crippen LogP contribution in [0.2, 0.25) is 0 Å². The predicted octanol–water partition coefficient (Wildman–Crippen LogP) is 3.21. The smallest absolute Gasteiger partial charge is 0.161 e. The van der Waals surface area contributed by atoms with E-state index in [2.05, 4.69) is 41.3 Å². The molecule has 2 aromatic carbocycles. The van der Waals surface area contributed by atoms with E-state index in [0.717, 1.165) is 43.9 Å². The lowest BCUT2D eigenvalue weighted by Gasteiger charge is -2.39. The quantitative estimate of drug-likeness (QED) is 0.663. The molecule has 31 heavy (non-hydrogen) atoms. The molecule has 0 saturated carbocycles. The number of methoxy groups -OCH3 is 2. The van der Waals surface area contributed by atoms with Crippen molar-refractivity contribution in [2.45, 2.75) is 37.5 Å². The Kier molecular flexibility index (Phi) is 7.45. The minimum atomic E-state index is -0.561. The van der Waals surface area contributed by atoms with E-state index in [0.29, 0.717) is 19.8 Å². The molecule has 6 heteroatoms. The van der Waals surface area contributed by atoms with E-state index in [1.165, 1.54) is 16.7 Å². The summed E-state index contributed by atoms with van der Waals surface area (Å²) in [5, 5.41) is 10.7. The van der Waals surface area contributed by atoms with Crippen LogP contribution in [0.25, 0.3) is 0 Å². The molecule has 1 fully saturated rings. The number of β-amino-alcohol motifs (C(OH)–C–C–N with tert-alkyl or cyclic N) is 1. The molecule has 0 bridgehead atoms. The molecule has 0 spiro atoms. The van der Waals surface area contributed by atoms with Gasteiger partial charge in [0.25, 0.3) is 0 Å². The van der Waals surface area contributed by atoms with Gasteiger partial charge in [0.15, 0.2) is 11.5 Å². The molecule has 0 radical (unpaired) electrons. The van der Waals surface area contributed by atoms with E-state index in [1.54, 1.807) is 14.2 Å². The first-order valence-electron chi connectivity index (χ1n) is 11.1. The van der Waals surface area contributed by atoms with Crippen LogP contribution >= 0.6 is 0 Å². The zero-order chi connectivity index (χ0) is 21.6. The van der Waals surface area contributed by atoms with E-state index >= 15 is 0 Å². The van der Waals surface area contributed by atoms with Crippen LogP contribution in [0.15, 0.2) is 42.5 Å². The molecule has 2 heterocycles. The van der Waals surface area contributed by atoms with Crippen molar-refractivity contribution < 1.29 is 24.1 Å². The highest BCUT2D eigenvalue weighted by atomic mass is 16.5. The molecule has 6 nitrogen and oxygen atoms in total. The molecule has 4 rings (SSSR count). The van der Waals surface area contributed by atoms with E-state index in [4.69, 9.17) is 18.9 Å². The first-order valence-corrected chi connectivity index (χ1v) is 11.1. The number of aliphatic hydroxyl groups is 1. The van der Waals surface area contributed by atoms with E-state index in [-0.39, 0.29) is 12.1 Å². The van der Waals surface area contributed by atoms with E-state index in [9.17, 15) is 5.11 Å². The molecule has 2 aliphatic heterocycles. The summed E-state index contributed by atoms with van der Waals surface area (Å²) in [6, 6.07) is 14.6. The maximum atomic E-state index is 10.7. The van der Waals surface area contributed by atoms with E-state index < -0.39 is 6.10 Å². The summed E-state index contributed by atoms with van der Waals surface area (Å²) in [4.78, 5) is 2.34. The van der Waals surface area contributed by atoms with Gasteiger partial charge >= 0.3 is 0 Å². The third-order valence-corrected chi connectivity index (χ3v) is 6.17. The van der Waals surface area contributed by atoms with Crippen LogP contribution in [0.5, 0.6) is 11.5 Å². The average molecular weight is 428 g/mol. The summed E-state index contributed by atoms with van der Waals surface area (Å²) in [5.41, 5.74) is 3.65. The summed E-state index contributed by atoms with van der Waals surface area (Å²) in [7, 11) is 3.33. The SMILES string of the molecule is COc1cc2c(cc1OC)[C@H](c1ccccc1)N(C[C@@H](O)COC[C@@H]1CCCO1)CC2. The number of benzene rings is 2. The van der Waals surface area contributed by atoms with Crippen molar-refractivity contribution in [2.75, 3.05) is 47.1 Å². The number of ether oxygens (including phenoxy) is 4. The summed E-state index contributed by atoms with van der Waals surface area (Å²) >= 11 is 0. The second-order valence-electron chi connectivity index (χ2n) is 8.29. The Balaban J connectivity index is 1.52. The van der Waals surface area contributed by atoms with Gasteiger partial charge in [-0.2, -0.15) is 0 Å². The maximum Gasteiger partial charge on any atom is 0.161 e. The Morgan fingerprint density at radius 2 is 1.90 bits per heavy atom. The van der Waals surface area contributed by atoms with Crippen molar-refractivity contribution in [2.24, 2.45) is 0 Å². The van der Waals surface area contributed by atoms with Crippen LogP contribution in [0.4, 0.5) is 0 Å². The number of aliphatic hydroxyl groups excluding tert-OH is 1. The van der Waals surface area contributed by atoms with Crippen molar-refractivity contribution in [1.29, 1.82) is 0 Å². The molecular weight excluding hydrogens is 394 g/mol. The van der Waals surface area contributed by atoms with Crippen molar-refractivity contribution in [3.8, 4) is 11.5 Å². The second-order valence-corrected chi connectivity index (χ2v) is 8.29. The average Bonchev–Trinajstić information content (AvgIpc) is 3.32. The first-order chi connectivity index (χ1) is 15.2. The third kappa shape index (κ3) is 5.21. The Bertz CT molecular complexity index is 837. The van der Waals surface area contributed by atoms with Crippen molar-refractivity contribution in [1.82, 2.24) is 4.90 Å². The summed E-state index contributed by atoms with van der Waals surface area (Å²) in [6.07, 6.45) is 2.64. The molecule has 3 atom stereocenters. The van der Waals surface area contributed by atoms with Crippen molar-refractivity contribution >= 4 is 0 Å². The van der Waals surface area contributed by atoms with Crippen LogP contribution < -0.4 is 9.47 Å². The highest BCUT2D eigenvalue weighted by Crippen LogP contribution is 2.41. The van der Waals surface area contributed by atoms with Gasteiger partial charge < -0.3 is 24.1 Å². The molecule has 0 unspecified atom stereocenters. The largest absolute Gasteiger partial charge is 0.493 e. The van der Waals surface area contributed by atoms with E-state index in [1.807, 2.05) is 6.07 Å². The normalized spacial score (nSPS) is 22.2. The van der Waals surface area contributed by atoms with Crippen LogP contribution in [0, 0.1) is 0 Å². The Morgan fingerprint density at radius 1 is 1.13 bits per heavy atom. The van der Waals surface area contributed by atoms with Crippen LogP contribution in [-0.4, -0.2) is 69.3 Å². The molecule has 1 N–H and O–H groups in total. The summed E-state index contributed by atoms with van der Waals surface area (Å²) in [5.74, 6) is 1.48. The molecule has 0 aliphatic carbocycles. The van der Waals surface area contributed by atoms with Crippen LogP contribution in [0.3, 0.4) is 0 Å². The monoisotopic (exact) mass is 427 g/mol. The zero-order valence-electron chi connectivity index (χ0n) is 18.5. The number of rotatable bonds is 9. The molecule has 0 amide bonds. The number of nitrogens with zero attached hydrogens (tertiary/aromatic N) is 1. The summed E-state index contributed by atoms with van der Waals surface area (Å²) < 4.78 is 22.5. The molecule has 2 aromatic rings. The second kappa shape index (κ2) is 10.5. The molecule has 168 valence electrons. The fourth-order valence-electron chi connectivity index (χ4n) is 4.65. The fourth-order valence-corrected chi connectivity index (χ4v) is 4.65. The van der Waals surface area contributed by atoms with Gasteiger partial charge in [-0.3, -0.25) is 4.90 Å². The zero-order valence-corrected chi connectivity index (χ0v) is 18.5. The summed E-state index contributed by atoms with van der Waals surface area (Å²) in [6.45, 7) is 3.08. The lowest BCUT2D eigenvalue weighted by Crippen LogP contribution is -2.42. The standard InChI is InChI=1S/C25H33NO5/c1-28-23-13-19-10-11-26(15-20(27)16-30-17-21-9-6-12-31-21)25(18-7-4-3-5-8-18)22(19)14-24(23)29-2/h3-5,7-8,13-14,20-21,25,27H,6,9-12,15-17H2,1-2H3/t20-,21+,25+/m1/s1. The minimum Gasteiger partial charge on any atom is -0.493 e. The van der Waals surface area contributed by atoms with Gasteiger partial charge in [0, 0.05) is 19.7 Å². The van der Waals surface area contributed by atoms with Gasteiger partial charge in [0.2, 0.25) is 0 Å². The van der Waals surface area contributed by atoms with Crippen LogP contribution in [0.1, 0.15) is 35.6 Å². The Morgan fingerprint density at radius 3 is 2.61 bits per heavy atom. The van der Waals surface area contributed by atoms with Gasteiger partial charge in [-0.05, 0) is 48.1 Å². The van der Waals surface area contributed by atoms with Crippen molar-refractivity contribution in [3.63, 3.8) is 0 Å². The van der Waals surface area contributed by atoms with Gasteiger partial charge in [0.05, 0.1) is 45.7 Å². The molecule has 1 saturated heterocycles. The van der Waals surface area contributed by atoms with Gasteiger partial charge in [-0.1, -0.05) is 30.3 Å². The molecular formula is C25H33NO5. The highest BCUT2D eigenvalue weighted by molar-refractivity contribution is 5.51. The first kappa shape index (κ1) is 22.1. The molecule has 2 aliphatic rings. The number of hydrogen-bond acceptors (Lipinski definition) is 6. The lowest BCUT2D eigenvalue weighted by molar-refractivity contribution is -0.0279. The lowest BCUT2D eigenvalue weighted by atomic mass is 9.87. The minimum absolute atomic E-state index is 0.0394. The van der Waals surface area contributed by atoms with Gasteiger partial charge in [-0.15, -0.1) is 0 Å². The fraction of sp³-hybridized carbons (Fsp3) is 0.520. The predicted molar refractivity (Wildman–Crippen MR) is 119 cm³/mol. The Hall–Kier alpha value is -2.12. The highest BCUT2D eigenvalue weighted by Gasteiger charge is 2.31. The third-order valence-electron chi connectivity index (χ3n) is 6.17.